The van der Waals surface area contributed by atoms with Gasteiger partial charge < -0.3 is 10.2 Å². The van der Waals surface area contributed by atoms with E-state index in [1.165, 1.54) is 35.0 Å². The van der Waals surface area contributed by atoms with Gasteiger partial charge in [0, 0.05) is 11.3 Å². The summed E-state index contributed by atoms with van der Waals surface area (Å²) in [5.74, 6) is -0.137. The highest BCUT2D eigenvalue weighted by molar-refractivity contribution is 7.89. The van der Waals surface area contributed by atoms with Crippen LogP contribution in [-0.2, 0) is 21.4 Å². The lowest BCUT2D eigenvalue weighted by Gasteiger charge is -2.21. The molecule has 0 radical (unpaired) electrons. The van der Waals surface area contributed by atoms with Crippen molar-refractivity contribution in [1.29, 1.82) is 0 Å². The maximum absolute atomic E-state index is 12.6. The number of anilines is 1. The first-order valence-corrected chi connectivity index (χ1v) is 10.5. The number of hydrogen-bond acceptors (Lipinski definition) is 3. The van der Waals surface area contributed by atoms with Crippen LogP contribution in [0.5, 0.6) is 0 Å². The van der Waals surface area contributed by atoms with Gasteiger partial charge in [0.05, 0.1) is 11.9 Å². The second-order valence-corrected chi connectivity index (χ2v) is 8.55. The fraction of sp³-hybridized carbons (Fsp3) is 0.190. The summed E-state index contributed by atoms with van der Waals surface area (Å²) in [5.41, 5.74) is 1.69. The average molecular weight is 399 g/mol. The molecule has 0 aliphatic heterocycles. The molecule has 3 rings (SSSR count). The van der Waals surface area contributed by atoms with E-state index in [1.54, 1.807) is 0 Å². The molecule has 0 heterocycles. The highest BCUT2D eigenvalue weighted by Crippen LogP contribution is 2.15. The number of nitrogens with two attached hydrogens (primary N) is 1. The minimum atomic E-state index is -3.74. The number of carbonyl (C=O) groups excluding carboxylic acids is 1. The predicted octanol–water partition coefficient (Wildman–Crippen LogP) is 1.53. The Morgan fingerprint density at radius 1 is 1.04 bits per heavy atom. The molecule has 3 aromatic rings. The van der Waals surface area contributed by atoms with Crippen molar-refractivity contribution in [1.82, 2.24) is 0 Å². The molecular weight excluding hydrogens is 374 g/mol. The summed E-state index contributed by atoms with van der Waals surface area (Å²) in [6.45, 7) is 2.58. The van der Waals surface area contributed by atoms with E-state index < -0.39 is 10.0 Å². The zero-order valence-corrected chi connectivity index (χ0v) is 16.7. The van der Waals surface area contributed by atoms with Crippen LogP contribution in [-0.4, -0.2) is 27.4 Å². The van der Waals surface area contributed by atoms with Gasteiger partial charge in [0.2, 0.25) is 10.0 Å². The van der Waals surface area contributed by atoms with Gasteiger partial charge in [0.25, 0.3) is 5.91 Å². The Morgan fingerprint density at radius 3 is 2.32 bits per heavy atom. The molecule has 2 atom stereocenters. The second-order valence-electron chi connectivity index (χ2n) is 6.98. The second kappa shape index (κ2) is 8.10. The molecule has 4 N–H and O–H groups in total. The smallest absolute Gasteiger partial charge is 0.282 e. The Kier molecular flexibility index (Phi) is 5.79. The highest BCUT2D eigenvalue weighted by atomic mass is 32.2. The number of fused-ring (bicyclic) bond motifs is 1. The molecular formula is C21H24N3O3S+. The Balaban J connectivity index is 1.64. The molecule has 0 spiro atoms. The summed E-state index contributed by atoms with van der Waals surface area (Å²) in [5, 5.41) is 10.3. The van der Waals surface area contributed by atoms with Gasteiger partial charge in [-0.15, -0.1) is 0 Å². The van der Waals surface area contributed by atoms with Crippen LogP contribution in [0, 0.1) is 0 Å². The maximum Gasteiger partial charge on any atom is 0.282 e. The molecule has 3 aromatic carbocycles. The van der Waals surface area contributed by atoms with Crippen molar-refractivity contribution in [3.05, 3.63) is 72.3 Å². The SMILES string of the molecule is C[C@H](C(=O)Nc1ccc(S(N)(=O)=O)cc1)[NH+](C)Cc1ccc2ccccc2c1. The molecule has 0 bridgehead atoms. The fourth-order valence-electron chi connectivity index (χ4n) is 3.03. The Morgan fingerprint density at radius 2 is 1.68 bits per heavy atom. The quantitative estimate of drug-likeness (QED) is 0.588. The lowest BCUT2D eigenvalue weighted by atomic mass is 10.1. The van der Waals surface area contributed by atoms with Crippen molar-refractivity contribution in [3.63, 3.8) is 0 Å². The number of hydrogen-bond donors (Lipinski definition) is 3. The average Bonchev–Trinajstić information content (AvgIpc) is 2.67. The van der Waals surface area contributed by atoms with Crippen LogP contribution in [0.3, 0.4) is 0 Å². The standard InChI is InChI=1S/C21H23N3O3S/c1-15(21(25)23-19-9-11-20(12-10-19)28(22,26)27)24(2)14-16-7-8-17-5-3-4-6-18(17)13-16/h3-13,15H,14H2,1-2H3,(H,23,25)(H2,22,26,27)/p+1/t15-/m1/s1. The van der Waals surface area contributed by atoms with Crippen LogP contribution in [0.1, 0.15) is 12.5 Å². The van der Waals surface area contributed by atoms with Crippen LogP contribution >= 0.6 is 0 Å². The summed E-state index contributed by atoms with van der Waals surface area (Å²) < 4.78 is 22.6. The van der Waals surface area contributed by atoms with Gasteiger partial charge in [-0.05, 0) is 48.0 Å². The molecule has 0 aliphatic rings. The number of benzene rings is 3. The first-order valence-electron chi connectivity index (χ1n) is 8.98. The van der Waals surface area contributed by atoms with Crippen molar-refractivity contribution in [2.45, 2.75) is 24.4 Å². The fourth-order valence-corrected chi connectivity index (χ4v) is 3.54. The Labute approximate surface area is 165 Å². The van der Waals surface area contributed by atoms with Crippen LogP contribution in [0.2, 0.25) is 0 Å². The van der Waals surface area contributed by atoms with Gasteiger partial charge >= 0.3 is 0 Å². The van der Waals surface area contributed by atoms with E-state index >= 15 is 0 Å². The molecule has 1 unspecified atom stereocenters. The van der Waals surface area contributed by atoms with Crippen LogP contribution in [0.25, 0.3) is 10.8 Å². The zero-order valence-electron chi connectivity index (χ0n) is 15.8. The Hall–Kier alpha value is -2.74. The third-order valence-electron chi connectivity index (χ3n) is 4.88. The summed E-state index contributed by atoms with van der Waals surface area (Å²) in [6, 6.07) is 20.0. The topological polar surface area (TPSA) is 93.7 Å². The molecule has 28 heavy (non-hydrogen) atoms. The van der Waals surface area contributed by atoms with Crippen molar-refractivity contribution >= 4 is 32.4 Å². The third-order valence-corrected chi connectivity index (χ3v) is 5.81. The molecule has 146 valence electrons. The molecule has 0 saturated heterocycles. The van der Waals surface area contributed by atoms with Gasteiger partial charge in [0.15, 0.2) is 6.04 Å². The molecule has 0 saturated carbocycles. The van der Waals surface area contributed by atoms with Crippen LogP contribution < -0.4 is 15.4 Å². The number of rotatable bonds is 6. The Bertz CT molecular complexity index is 1100. The van der Waals surface area contributed by atoms with E-state index in [0.717, 1.165) is 10.5 Å². The molecule has 1 amide bonds. The lowest BCUT2D eigenvalue weighted by molar-refractivity contribution is -0.907. The van der Waals surface area contributed by atoms with E-state index in [2.05, 4.69) is 35.6 Å². The number of nitrogens with one attached hydrogen (secondary N) is 2. The number of sulfonamides is 1. The highest BCUT2D eigenvalue weighted by Gasteiger charge is 2.22. The first-order chi connectivity index (χ1) is 13.2. The van der Waals surface area contributed by atoms with E-state index in [9.17, 15) is 13.2 Å². The first kappa shape index (κ1) is 20.0. The summed E-state index contributed by atoms with van der Waals surface area (Å²) in [6.07, 6.45) is 0. The maximum atomic E-state index is 12.6. The van der Waals surface area contributed by atoms with Crippen molar-refractivity contribution in [2.75, 3.05) is 12.4 Å². The van der Waals surface area contributed by atoms with Gasteiger partial charge in [-0.3, -0.25) is 4.79 Å². The van der Waals surface area contributed by atoms with Crippen molar-refractivity contribution < 1.29 is 18.1 Å². The molecule has 0 fully saturated rings. The number of amides is 1. The van der Waals surface area contributed by atoms with E-state index in [-0.39, 0.29) is 16.8 Å². The molecule has 7 heteroatoms. The van der Waals surface area contributed by atoms with Gasteiger partial charge in [0.1, 0.15) is 6.54 Å². The number of primary sulfonamides is 1. The minimum Gasteiger partial charge on any atom is -0.324 e. The molecule has 0 aromatic heterocycles. The number of quaternary nitrogens is 1. The lowest BCUT2D eigenvalue weighted by Crippen LogP contribution is -3.12. The summed E-state index contributed by atoms with van der Waals surface area (Å²) >= 11 is 0. The largest absolute Gasteiger partial charge is 0.324 e. The normalized spacial score (nSPS) is 13.8. The molecule has 0 aliphatic carbocycles. The van der Waals surface area contributed by atoms with E-state index in [4.69, 9.17) is 5.14 Å². The third kappa shape index (κ3) is 4.75. The zero-order chi connectivity index (χ0) is 20.3. The van der Waals surface area contributed by atoms with Gasteiger partial charge in [-0.25, -0.2) is 13.6 Å². The van der Waals surface area contributed by atoms with Crippen LogP contribution in [0.15, 0.2) is 71.6 Å². The van der Waals surface area contributed by atoms with Crippen LogP contribution in [0.4, 0.5) is 5.69 Å². The van der Waals surface area contributed by atoms with Gasteiger partial charge in [-0.2, -0.15) is 0 Å². The van der Waals surface area contributed by atoms with E-state index in [0.29, 0.717) is 12.2 Å². The minimum absolute atomic E-state index is 0.0117. The predicted molar refractivity (Wildman–Crippen MR) is 110 cm³/mol. The van der Waals surface area contributed by atoms with Crippen molar-refractivity contribution in [3.8, 4) is 0 Å². The number of carbonyl (C=O) groups is 1. The summed E-state index contributed by atoms with van der Waals surface area (Å²) in [4.78, 5) is 13.6. The monoisotopic (exact) mass is 398 g/mol. The molecule has 6 nitrogen and oxygen atoms in total. The number of likely N-dealkylation sites (N-methyl/N-ethyl adjacent to an activating group) is 1. The van der Waals surface area contributed by atoms with Crippen molar-refractivity contribution in [2.24, 2.45) is 5.14 Å². The van der Waals surface area contributed by atoms with E-state index in [1.807, 2.05) is 26.1 Å². The van der Waals surface area contributed by atoms with Gasteiger partial charge in [-0.1, -0.05) is 36.4 Å². The summed E-state index contributed by atoms with van der Waals surface area (Å²) in [7, 11) is -1.77.